The van der Waals surface area contributed by atoms with Gasteiger partial charge in [-0.15, -0.1) is 0 Å². The Morgan fingerprint density at radius 2 is 1.24 bits per heavy atom. The van der Waals surface area contributed by atoms with Gasteiger partial charge in [-0.2, -0.15) is 0 Å². The lowest BCUT2D eigenvalue weighted by atomic mass is 10.1. The lowest BCUT2D eigenvalue weighted by Gasteiger charge is -2.13. The molecule has 4 aromatic carbocycles. The number of benzene rings is 4. The van der Waals surface area contributed by atoms with E-state index in [1.807, 2.05) is 97.1 Å². The molecule has 0 aliphatic rings. The molecular formula is C31H32N2O4. The molecule has 4 aromatic rings. The predicted molar refractivity (Wildman–Crippen MR) is 148 cm³/mol. The van der Waals surface area contributed by atoms with E-state index in [1.165, 1.54) is 5.56 Å². The second kappa shape index (κ2) is 14.2. The molecule has 37 heavy (non-hydrogen) atoms. The monoisotopic (exact) mass is 496 g/mol. The smallest absolute Gasteiger partial charge is 0.243 e. The number of anilines is 2. The van der Waals surface area contributed by atoms with Gasteiger partial charge in [-0.25, -0.2) is 0 Å². The van der Waals surface area contributed by atoms with Crippen LogP contribution in [-0.2, 0) is 11.2 Å². The fourth-order valence-electron chi connectivity index (χ4n) is 3.69. The molecule has 0 fully saturated rings. The highest BCUT2D eigenvalue weighted by Crippen LogP contribution is 2.24. The molecule has 0 unspecified atom stereocenters. The van der Waals surface area contributed by atoms with Gasteiger partial charge in [0.1, 0.15) is 30.5 Å². The Balaban J connectivity index is 1.16. The van der Waals surface area contributed by atoms with Gasteiger partial charge in [0.2, 0.25) is 5.91 Å². The molecule has 0 spiro atoms. The van der Waals surface area contributed by atoms with Crippen molar-refractivity contribution in [3.63, 3.8) is 0 Å². The first-order valence-corrected chi connectivity index (χ1v) is 12.5. The van der Waals surface area contributed by atoms with Crippen LogP contribution in [0.3, 0.4) is 0 Å². The van der Waals surface area contributed by atoms with Crippen molar-refractivity contribution < 1.29 is 19.0 Å². The van der Waals surface area contributed by atoms with Crippen molar-refractivity contribution >= 4 is 17.3 Å². The van der Waals surface area contributed by atoms with Crippen LogP contribution in [0, 0.1) is 0 Å². The molecule has 0 aromatic heterocycles. The zero-order valence-corrected chi connectivity index (χ0v) is 20.8. The summed E-state index contributed by atoms with van der Waals surface area (Å²) >= 11 is 0. The van der Waals surface area contributed by atoms with Crippen LogP contribution in [0.4, 0.5) is 11.4 Å². The molecular weight excluding hydrogens is 464 g/mol. The Hall–Kier alpha value is -4.45. The first-order valence-electron chi connectivity index (χ1n) is 12.5. The van der Waals surface area contributed by atoms with Crippen LogP contribution >= 0.6 is 0 Å². The average molecular weight is 497 g/mol. The Bertz CT molecular complexity index is 1210. The molecule has 0 atom stereocenters. The summed E-state index contributed by atoms with van der Waals surface area (Å²) in [5.41, 5.74) is 2.79. The molecule has 6 heteroatoms. The van der Waals surface area contributed by atoms with Crippen LogP contribution in [0.2, 0.25) is 0 Å². The van der Waals surface area contributed by atoms with Crippen molar-refractivity contribution in [3.05, 3.63) is 115 Å². The number of para-hydroxylation sites is 3. The summed E-state index contributed by atoms with van der Waals surface area (Å²) in [5, 5.41) is 6.07. The van der Waals surface area contributed by atoms with Crippen LogP contribution < -0.4 is 24.8 Å². The zero-order chi connectivity index (χ0) is 25.5. The van der Waals surface area contributed by atoms with E-state index in [2.05, 4.69) is 22.8 Å². The van der Waals surface area contributed by atoms with Gasteiger partial charge < -0.3 is 24.8 Å². The molecule has 0 saturated carbocycles. The Morgan fingerprint density at radius 3 is 1.97 bits per heavy atom. The Kier molecular flexibility index (Phi) is 9.83. The standard InChI is InChI=1S/C31H32N2O4/c34-31(33-26-17-19-28(20-18-26)36-23-22-35-27-13-5-2-6-14-27)24-32-29-15-7-8-16-30(29)37-21-9-12-25-10-3-1-4-11-25/h1-8,10-11,13-20,32H,9,12,21-24H2,(H,33,34). The van der Waals surface area contributed by atoms with Crippen molar-refractivity contribution in [1.82, 2.24) is 0 Å². The Morgan fingerprint density at radius 1 is 0.622 bits per heavy atom. The fourth-order valence-corrected chi connectivity index (χ4v) is 3.69. The summed E-state index contributed by atoms with van der Waals surface area (Å²) in [6.07, 6.45) is 1.88. The van der Waals surface area contributed by atoms with Crippen molar-refractivity contribution in [3.8, 4) is 17.2 Å². The van der Waals surface area contributed by atoms with Crippen LogP contribution in [0.1, 0.15) is 12.0 Å². The highest BCUT2D eigenvalue weighted by atomic mass is 16.5. The van der Waals surface area contributed by atoms with E-state index < -0.39 is 0 Å². The van der Waals surface area contributed by atoms with Crippen LogP contribution in [0.25, 0.3) is 0 Å². The minimum atomic E-state index is -0.149. The fraction of sp³-hybridized carbons (Fsp3) is 0.194. The van der Waals surface area contributed by atoms with Crippen molar-refractivity contribution in [2.75, 3.05) is 37.0 Å². The minimum absolute atomic E-state index is 0.124. The summed E-state index contributed by atoms with van der Waals surface area (Å²) in [6, 6.07) is 34.9. The normalized spacial score (nSPS) is 10.4. The van der Waals surface area contributed by atoms with Gasteiger partial charge in [-0.1, -0.05) is 60.7 Å². The van der Waals surface area contributed by atoms with Gasteiger partial charge in [0.05, 0.1) is 18.8 Å². The maximum absolute atomic E-state index is 12.5. The summed E-state index contributed by atoms with van der Waals surface area (Å²) in [7, 11) is 0. The highest BCUT2D eigenvalue weighted by molar-refractivity contribution is 5.94. The molecule has 0 aliphatic heterocycles. The molecule has 0 heterocycles. The van der Waals surface area contributed by atoms with Gasteiger partial charge in [-0.3, -0.25) is 4.79 Å². The lowest BCUT2D eigenvalue weighted by molar-refractivity contribution is -0.114. The number of carbonyl (C=O) groups is 1. The van der Waals surface area contributed by atoms with E-state index >= 15 is 0 Å². The number of rotatable bonds is 14. The molecule has 4 rings (SSSR count). The topological polar surface area (TPSA) is 68.8 Å². The molecule has 1 amide bonds. The quantitative estimate of drug-likeness (QED) is 0.203. The number of aryl methyl sites for hydroxylation is 1. The first-order chi connectivity index (χ1) is 18.3. The molecule has 0 aliphatic carbocycles. The summed E-state index contributed by atoms with van der Waals surface area (Å²) in [6.45, 7) is 1.61. The van der Waals surface area contributed by atoms with E-state index in [-0.39, 0.29) is 12.5 Å². The SMILES string of the molecule is O=C(CNc1ccccc1OCCCc1ccccc1)Nc1ccc(OCCOc2ccccc2)cc1. The molecule has 0 saturated heterocycles. The number of ether oxygens (including phenoxy) is 3. The lowest BCUT2D eigenvalue weighted by Crippen LogP contribution is -2.22. The number of nitrogens with one attached hydrogen (secondary N) is 2. The van der Waals surface area contributed by atoms with Crippen LogP contribution in [0.5, 0.6) is 17.2 Å². The van der Waals surface area contributed by atoms with Gasteiger partial charge in [-0.05, 0) is 66.9 Å². The van der Waals surface area contributed by atoms with Crippen molar-refractivity contribution in [2.24, 2.45) is 0 Å². The minimum Gasteiger partial charge on any atom is -0.491 e. The van der Waals surface area contributed by atoms with Gasteiger partial charge in [0.15, 0.2) is 0 Å². The first kappa shape index (κ1) is 25.6. The summed E-state index contributed by atoms with van der Waals surface area (Å²) < 4.78 is 17.3. The highest BCUT2D eigenvalue weighted by Gasteiger charge is 2.07. The number of hydrogen-bond donors (Lipinski definition) is 2. The number of hydrogen-bond acceptors (Lipinski definition) is 5. The van der Waals surface area contributed by atoms with Crippen LogP contribution in [0.15, 0.2) is 109 Å². The zero-order valence-electron chi connectivity index (χ0n) is 20.8. The van der Waals surface area contributed by atoms with Crippen LogP contribution in [-0.4, -0.2) is 32.3 Å². The second-order valence-electron chi connectivity index (χ2n) is 8.37. The third-order valence-electron chi connectivity index (χ3n) is 5.54. The van der Waals surface area contributed by atoms with E-state index in [4.69, 9.17) is 14.2 Å². The molecule has 6 nitrogen and oxygen atoms in total. The van der Waals surface area contributed by atoms with Gasteiger partial charge in [0, 0.05) is 5.69 Å². The maximum Gasteiger partial charge on any atom is 0.243 e. The van der Waals surface area contributed by atoms with E-state index in [1.54, 1.807) is 0 Å². The third-order valence-corrected chi connectivity index (χ3v) is 5.54. The Labute approximate surface area is 218 Å². The predicted octanol–water partition coefficient (Wildman–Crippen LogP) is 6.21. The third kappa shape index (κ3) is 8.93. The molecule has 0 bridgehead atoms. The number of carbonyl (C=O) groups excluding carboxylic acids is 1. The van der Waals surface area contributed by atoms with E-state index in [0.717, 1.165) is 30.0 Å². The second-order valence-corrected chi connectivity index (χ2v) is 8.37. The molecule has 190 valence electrons. The van der Waals surface area contributed by atoms with Gasteiger partial charge >= 0.3 is 0 Å². The summed E-state index contributed by atoms with van der Waals surface area (Å²) in [5.74, 6) is 2.12. The maximum atomic E-state index is 12.5. The summed E-state index contributed by atoms with van der Waals surface area (Å²) in [4.78, 5) is 12.5. The van der Waals surface area contributed by atoms with Crippen molar-refractivity contribution in [2.45, 2.75) is 12.8 Å². The van der Waals surface area contributed by atoms with E-state index in [0.29, 0.717) is 31.3 Å². The molecule has 0 radical (unpaired) electrons. The number of amides is 1. The van der Waals surface area contributed by atoms with Gasteiger partial charge in [0.25, 0.3) is 0 Å². The molecule has 2 N–H and O–H groups in total. The largest absolute Gasteiger partial charge is 0.491 e. The average Bonchev–Trinajstić information content (AvgIpc) is 2.95. The van der Waals surface area contributed by atoms with Crippen molar-refractivity contribution in [1.29, 1.82) is 0 Å². The van der Waals surface area contributed by atoms with E-state index in [9.17, 15) is 4.79 Å².